The van der Waals surface area contributed by atoms with Crippen LogP contribution in [0.3, 0.4) is 0 Å². The van der Waals surface area contributed by atoms with E-state index >= 15 is 0 Å². The zero-order valence-electron chi connectivity index (χ0n) is 11.4. The van der Waals surface area contributed by atoms with Crippen molar-refractivity contribution >= 4 is 5.91 Å². The van der Waals surface area contributed by atoms with Gasteiger partial charge in [-0.15, -0.1) is 0 Å². The summed E-state index contributed by atoms with van der Waals surface area (Å²) in [6.07, 6.45) is 3.69. The molecule has 0 bridgehead atoms. The molecule has 1 amide bonds. The van der Waals surface area contributed by atoms with E-state index in [4.69, 9.17) is 0 Å². The molecule has 1 fully saturated rings. The number of nitrogens with one attached hydrogen (secondary N) is 2. The van der Waals surface area contributed by atoms with E-state index in [0.29, 0.717) is 17.9 Å². The van der Waals surface area contributed by atoms with Gasteiger partial charge in [0.15, 0.2) is 11.6 Å². The first-order valence-corrected chi connectivity index (χ1v) is 7.06. The number of benzene rings is 1. The molecule has 0 saturated carbocycles. The van der Waals surface area contributed by atoms with Gasteiger partial charge in [0.05, 0.1) is 0 Å². The lowest BCUT2D eigenvalue weighted by molar-refractivity contribution is -0.121. The number of halogens is 2. The third-order valence-corrected chi connectivity index (χ3v) is 3.65. The van der Waals surface area contributed by atoms with E-state index in [1.165, 1.54) is 18.9 Å². The van der Waals surface area contributed by atoms with Gasteiger partial charge in [0.2, 0.25) is 5.91 Å². The Morgan fingerprint density at radius 3 is 2.90 bits per heavy atom. The van der Waals surface area contributed by atoms with Crippen LogP contribution in [0, 0.1) is 17.6 Å². The fraction of sp³-hybridized carbons (Fsp3) is 0.533. The molecule has 1 aliphatic heterocycles. The van der Waals surface area contributed by atoms with E-state index in [0.717, 1.165) is 31.6 Å². The van der Waals surface area contributed by atoms with Gasteiger partial charge in [-0.2, -0.15) is 0 Å². The largest absolute Gasteiger partial charge is 0.352 e. The number of hydrogen-bond donors (Lipinski definition) is 2. The molecule has 0 aliphatic carbocycles. The van der Waals surface area contributed by atoms with Gasteiger partial charge in [0, 0.05) is 13.0 Å². The molecule has 2 N–H and O–H groups in total. The molecule has 110 valence electrons. The smallest absolute Gasteiger partial charge is 0.220 e. The van der Waals surface area contributed by atoms with Gasteiger partial charge in [-0.05, 0) is 56.0 Å². The number of carbonyl (C=O) groups is 1. The highest BCUT2D eigenvalue weighted by Gasteiger charge is 2.14. The van der Waals surface area contributed by atoms with Crippen LogP contribution in [-0.2, 0) is 11.3 Å². The van der Waals surface area contributed by atoms with E-state index in [1.807, 2.05) is 0 Å². The normalized spacial score (nSPS) is 18.8. The molecule has 3 nitrogen and oxygen atoms in total. The van der Waals surface area contributed by atoms with E-state index in [-0.39, 0.29) is 12.5 Å². The Hall–Kier alpha value is -1.49. The topological polar surface area (TPSA) is 41.1 Å². The molecule has 1 saturated heterocycles. The number of piperidine rings is 1. The number of hydrogen-bond acceptors (Lipinski definition) is 2. The first kappa shape index (κ1) is 14.9. The summed E-state index contributed by atoms with van der Waals surface area (Å²) in [5.74, 6) is -1.23. The molecular formula is C15H20F2N2O. The monoisotopic (exact) mass is 282 g/mol. The maximum Gasteiger partial charge on any atom is 0.220 e. The summed E-state index contributed by atoms with van der Waals surface area (Å²) >= 11 is 0. The van der Waals surface area contributed by atoms with Gasteiger partial charge in [-0.25, -0.2) is 8.78 Å². The minimum absolute atomic E-state index is 0.0414. The quantitative estimate of drug-likeness (QED) is 0.870. The molecule has 1 unspecified atom stereocenters. The Morgan fingerprint density at radius 1 is 1.35 bits per heavy atom. The lowest BCUT2D eigenvalue weighted by atomic mass is 9.94. The van der Waals surface area contributed by atoms with Crippen molar-refractivity contribution < 1.29 is 13.6 Å². The zero-order chi connectivity index (χ0) is 14.4. The third kappa shape index (κ3) is 4.56. The summed E-state index contributed by atoms with van der Waals surface area (Å²) in [6.45, 7) is 2.29. The van der Waals surface area contributed by atoms with Crippen LogP contribution in [0.2, 0.25) is 0 Å². The van der Waals surface area contributed by atoms with Crippen molar-refractivity contribution in [1.82, 2.24) is 10.6 Å². The van der Waals surface area contributed by atoms with Crippen LogP contribution in [0.1, 0.15) is 31.2 Å². The number of amides is 1. The van der Waals surface area contributed by atoms with Gasteiger partial charge >= 0.3 is 0 Å². The van der Waals surface area contributed by atoms with E-state index < -0.39 is 11.6 Å². The van der Waals surface area contributed by atoms with Crippen LogP contribution < -0.4 is 10.6 Å². The molecule has 0 spiro atoms. The lowest BCUT2D eigenvalue weighted by Crippen LogP contribution is -2.31. The summed E-state index contributed by atoms with van der Waals surface area (Å²) in [6, 6.07) is 3.66. The Kier molecular flexibility index (Phi) is 5.47. The van der Waals surface area contributed by atoms with Crippen molar-refractivity contribution in [2.24, 2.45) is 5.92 Å². The molecule has 1 heterocycles. The maximum absolute atomic E-state index is 13.0. The van der Waals surface area contributed by atoms with Crippen molar-refractivity contribution in [1.29, 1.82) is 0 Å². The fourth-order valence-electron chi connectivity index (χ4n) is 2.44. The second-order valence-electron chi connectivity index (χ2n) is 5.28. The van der Waals surface area contributed by atoms with Crippen LogP contribution in [0.25, 0.3) is 0 Å². The average molecular weight is 282 g/mol. The highest BCUT2D eigenvalue weighted by Crippen LogP contribution is 2.15. The van der Waals surface area contributed by atoms with Crippen molar-refractivity contribution in [3.05, 3.63) is 35.4 Å². The van der Waals surface area contributed by atoms with E-state index in [1.54, 1.807) is 0 Å². The molecular weight excluding hydrogens is 262 g/mol. The molecule has 2 rings (SSSR count). The molecule has 1 atom stereocenters. The van der Waals surface area contributed by atoms with Crippen LogP contribution in [0.15, 0.2) is 18.2 Å². The van der Waals surface area contributed by atoms with E-state index in [2.05, 4.69) is 10.6 Å². The molecule has 1 aliphatic rings. The summed E-state index contributed by atoms with van der Waals surface area (Å²) in [5.41, 5.74) is 0.566. The van der Waals surface area contributed by atoms with Gasteiger partial charge in [0.1, 0.15) is 0 Å². The fourth-order valence-corrected chi connectivity index (χ4v) is 2.44. The van der Waals surface area contributed by atoms with E-state index in [9.17, 15) is 13.6 Å². The maximum atomic E-state index is 13.0. The second kappa shape index (κ2) is 7.33. The van der Waals surface area contributed by atoms with Crippen molar-refractivity contribution in [2.45, 2.75) is 32.2 Å². The van der Waals surface area contributed by atoms with Crippen LogP contribution in [0.5, 0.6) is 0 Å². The van der Waals surface area contributed by atoms with Crippen LogP contribution in [-0.4, -0.2) is 19.0 Å². The Labute approximate surface area is 117 Å². The molecule has 0 radical (unpaired) electrons. The second-order valence-corrected chi connectivity index (χ2v) is 5.28. The Morgan fingerprint density at radius 2 is 2.20 bits per heavy atom. The zero-order valence-corrected chi connectivity index (χ0v) is 11.4. The third-order valence-electron chi connectivity index (χ3n) is 3.65. The Bertz CT molecular complexity index is 459. The first-order chi connectivity index (χ1) is 9.65. The molecule has 1 aromatic rings. The van der Waals surface area contributed by atoms with Gasteiger partial charge in [0.25, 0.3) is 0 Å². The molecule has 5 heteroatoms. The summed E-state index contributed by atoms with van der Waals surface area (Å²) in [4.78, 5) is 11.7. The minimum atomic E-state index is -0.884. The molecule has 20 heavy (non-hydrogen) atoms. The van der Waals surface area contributed by atoms with Gasteiger partial charge < -0.3 is 10.6 Å². The van der Waals surface area contributed by atoms with Crippen LogP contribution >= 0.6 is 0 Å². The van der Waals surface area contributed by atoms with Gasteiger partial charge in [-0.3, -0.25) is 4.79 Å². The number of rotatable bonds is 5. The summed E-state index contributed by atoms with van der Waals surface area (Å²) in [5, 5.41) is 6.06. The van der Waals surface area contributed by atoms with Crippen molar-refractivity contribution in [3.63, 3.8) is 0 Å². The molecule has 0 aromatic heterocycles. The van der Waals surface area contributed by atoms with Gasteiger partial charge in [-0.1, -0.05) is 6.07 Å². The molecule has 1 aromatic carbocycles. The van der Waals surface area contributed by atoms with Crippen molar-refractivity contribution in [2.75, 3.05) is 13.1 Å². The highest BCUT2D eigenvalue weighted by atomic mass is 19.2. The number of carbonyl (C=O) groups excluding carboxylic acids is 1. The standard InChI is InChI=1S/C15H20F2N2O/c16-13-5-3-12(8-14(13)17)10-19-15(20)6-4-11-2-1-7-18-9-11/h3,5,8,11,18H,1-2,4,6-7,9-10H2,(H,19,20). The predicted octanol–water partition coefficient (Wildman–Crippen LogP) is 2.36. The summed E-state index contributed by atoms with van der Waals surface area (Å²) in [7, 11) is 0. The predicted molar refractivity (Wildman–Crippen MR) is 73.0 cm³/mol. The Balaban J connectivity index is 1.70. The van der Waals surface area contributed by atoms with Crippen LogP contribution in [0.4, 0.5) is 8.78 Å². The first-order valence-electron chi connectivity index (χ1n) is 7.06. The highest BCUT2D eigenvalue weighted by molar-refractivity contribution is 5.75. The van der Waals surface area contributed by atoms with Crippen molar-refractivity contribution in [3.8, 4) is 0 Å². The minimum Gasteiger partial charge on any atom is -0.352 e. The summed E-state index contributed by atoms with van der Waals surface area (Å²) < 4.78 is 25.8. The SMILES string of the molecule is O=C(CCC1CCCNC1)NCc1ccc(F)c(F)c1. The average Bonchev–Trinajstić information content (AvgIpc) is 2.47. The lowest BCUT2D eigenvalue weighted by Gasteiger charge is -2.22.